The molecule has 18 heavy (non-hydrogen) atoms. The van der Waals surface area contributed by atoms with Crippen LogP contribution in [0.3, 0.4) is 0 Å². The molecular formula is C16H22S2. The first kappa shape index (κ1) is 12.7. The first-order valence-corrected chi connectivity index (χ1v) is 10.4. The summed E-state index contributed by atoms with van der Waals surface area (Å²) in [4.78, 5) is 1.62. The van der Waals surface area contributed by atoms with Crippen molar-refractivity contribution >= 4 is 19.9 Å². The molecule has 3 aliphatic rings. The van der Waals surface area contributed by atoms with Crippen LogP contribution in [0.15, 0.2) is 46.4 Å². The minimum Gasteiger partial charge on any atom is -0.170 e. The van der Waals surface area contributed by atoms with Crippen molar-refractivity contribution in [2.75, 3.05) is 12.5 Å². The minimum atomic E-state index is -0.715. The molecule has 0 N–H and O–H groups in total. The molecule has 1 spiro atoms. The number of hydrogen-bond donors (Lipinski definition) is 0. The molecule has 2 aliphatic carbocycles. The van der Waals surface area contributed by atoms with Gasteiger partial charge in [0.1, 0.15) is 0 Å². The van der Waals surface area contributed by atoms with E-state index in [-0.39, 0.29) is 0 Å². The summed E-state index contributed by atoms with van der Waals surface area (Å²) in [5, 5.41) is 0. The summed E-state index contributed by atoms with van der Waals surface area (Å²) in [6, 6.07) is 0. The van der Waals surface area contributed by atoms with Crippen LogP contribution in [0.1, 0.15) is 32.6 Å². The maximum absolute atomic E-state index is 4.15. The third-order valence-electron chi connectivity index (χ3n) is 4.25. The molecule has 1 heterocycles. The molecule has 0 unspecified atom stereocenters. The van der Waals surface area contributed by atoms with Crippen LogP contribution in [0.25, 0.3) is 0 Å². The van der Waals surface area contributed by atoms with Crippen molar-refractivity contribution in [2.45, 2.75) is 37.4 Å². The lowest BCUT2D eigenvalue weighted by Gasteiger charge is -2.45. The van der Waals surface area contributed by atoms with E-state index in [4.69, 9.17) is 0 Å². The highest BCUT2D eigenvalue weighted by Gasteiger charge is 2.43. The summed E-state index contributed by atoms with van der Waals surface area (Å²) in [7, 11) is 1.54. The van der Waals surface area contributed by atoms with Crippen LogP contribution in [0.5, 0.6) is 0 Å². The summed E-state index contributed by atoms with van der Waals surface area (Å²) < 4.78 is 0.456. The second-order valence-corrected chi connectivity index (χ2v) is 12.9. The van der Waals surface area contributed by atoms with Crippen LogP contribution in [0.2, 0.25) is 0 Å². The lowest BCUT2D eigenvalue weighted by Crippen LogP contribution is -2.30. The Morgan fingerprint density at radius 2 is 2.11 bits per heavy atom. The zero-order chi connectivity index (χ0) is 13.0. The normalized spacial score (nSPS) is 29.4. The van der Waals surface area contributed by atoms with Gasteiger partial charge in [-0.1, -0.05) is 41.2 Å². The zero-order valence-corrected chi connectivity index (χ0v) is 13.2. The van der Waals surface area contributed by atoms with Gasteiger partial charge in [0.15, 0.2) is 0 Å². The van der Waals surface area contributed by atoms with Crippen LogP contribution >= 0.6 is 19.9 Å². The largest absolute Gasteiger partial charge is 0.170 e. The number of hydrogen-bond acceptors (Lipinski definition) is 1. The Morgan fingerprint density at radius 1 is 1.39 bits per heavy atom. The van der Waals surface area contributed by atoms with E-state index in [1.807, 2.05) is 0 Å². The van der Waals surface area contributed by atoms with Gasteiger partial charge in [-0.15, -0.1) is 0 Å². The van der Waals surface area contributed by atoms with Gasteiger partial charge in [-0.25, -0.2) is 0 Å². The van der Waals surface area contributed by atoms with Crippen molar-refractivity contribution in [3.05, 3.63) is 46.4 Å². The van der Waals surface area contributed by atoms with Gasteiger partial charge in [0, 0.05) is 9.65 Å². The predicted octanol–water partition coefficient (Wildman–Crippen LogP) is 5.35. The Morgan fingerprint density at radius 3 is 2.67 bits per heavy atom. The smallest absolute Gasteiger partial charge is 0.0433 e. The van der Waals surface area contributed by atoms with Gasteiger partial charge >= 0.3 is 0 Å². The van der Waals surface area contributed by atoms with Crippen molar-refractivity contribution in [2.24, 2.45) is 0 Å². The molecule has 0 atom stereocenters. The molecule has 1 saturated carbocycles. The topological polar surface area (TPSA) is 0 Å². The molecule has 0 nitrogen and oxygen atoms in total. The molecule has 0 aromatic carbocycles. The van der Waals surface area contributed by atoms with Crippen LogP contribution in [-0.4, -0.2) is 17.3 Å². The highest BCUT2D eigenvalue weighted by Crippen LogP contribution is 2.72. The van der Waals surface area contributed by atoms with Crippen molar-refractivity contribution in [3.63, 3.8) is 0 Å². The van der Waals surface area contributed by atoms with Crippen LogP contribution in [0.4, 0.5) is 0 Å². The molecule has 2 heteroatoms. The molecule has 1 aliphatic heterocycles. The molecule has 0 radical (unpaired) electrons. The van der Waals surface area contributed by atoms with Gasteiger partial charge in [0.25, 0.3) is 0 Å². The van der Waals surface area contributed by atoms with E-state index in [9.17, 15) is 0 Å². The lowest BCUT2D eigenvalue weighted by molar-refractivity contribution is 0.434. The standard InChI is InChI=1S/C16H22S2/c1-12(2)13-6-7-15-14(13)8-11-16(9-5-10-16)17-18(15,3)4/h7-8,11H,1,5-6,9-10H2,2-4H3. The maximum Gasteiger partial charge on any atom is 0.0433 e. The Hall–Kier alpha value is -0.340. The summed E-state index contributed by atoms with van der Waals surface area (Å²) in [5.41, 5.74) is 4.21. The van der Waals surface area contributed by atoms with Crippen molar-refractivity contribution < 1.29 is 0 Å². The third-order valence-corrected chi connectivity index (χ3v) is 9.78. The van der Waals surface area contributed by atoms with Crippen LogP contribution in [0, 0.1) is 0 Å². The second kappa shape index (κ2) is 4.08. The quantitative estimate of drug-likeness (QED) is 0.582. The van der Waals surface area contributed by atoms with Gasteiger partial charge in [0.05, 0.1) is 0 Å². The molecule has 3 rings (SSSR count). The highest BCUT2D eigenvalue weighted by molar-refractivity contribution is 8.95. The monoisotopic (exact) mass is 278 g/mol. The van der Waals surface area contributed by atoms with Gasteiger partial charge in [-0.2, -0.15) is 9.06 Å². The average Bonchev–Trinajstić information content (AvgIpc) is 2.61. The SMILES string of the molecule is C=C(C)C1=C2C=CC3(CCC3)SS(C)(C)C2=CC1. The van der Waals surface area contributed by atoms with Crippen LogP contribution < -0.4 is 0 Å². The Labute approximate surface area is 116 Å². The van der Waals surface area contributed by atoms with E-state index in [0.29, 0.717) is 4.75 Å². The zero-order valence-electron chi connectivity index (χ0n) is 11.6. The average molecular weight is 278 g/mol. The summed E-state index contributed by atoms with van der Waals surface area (Å²) >= 11 is 0. The summed E-state index contributed by atoms with van der Waals surface area (Å²) in [6.07, 6.45) is 17.5. The number of rotatable bonds is 1. The first-order chi connectivity index (χ1) is 8.44. The van der Waals surface area contributed by atoms with Gasteiger partial charge in [-0.3, -0.25) is 0 Å². The number of fused-ring (bicyclic) bond motifs is 1. The number of allylic oxidation sites excluding steroid dienone is 5. The summed E-state index contributed by atoms with van der Waals surface area (Å²) in [6.45, 7) is 6.30. The highest BCUT2D eigenvalue weighted by atomic mass is 33.2. The molecular weight excluding hydrogens is 256 g/mol. The third kappa shape index (κ3) is 1.85. The minimum absolute atomic E-state index is 0.456. The predicted molar refractivity (Wildman–Crippen MR) is 87.3 cm³/mol. The van der Waals surface area contributed by atoms with E-state index >= 15 is 0 Å². The summed E-state index contributed by atoms with van der Waals surface area (Å²) in [5.74, 6) is 0. The van der Waals surface area contributed by atoms with E-state index in [1.54, 1.807) is 4.91 Å². The van der Waals surface area contributed by atoms with Crippen LogP contribution in [-0.2, 0) is 0 Å². The van der Waals surface area contributed by atoms with Crippen molar-refractivity contribution in [1.82, 2.24) is 0 Å². The fourth-order valence-electron chi connectivity index (χ4n) is 3.11. The molecule has 0 aromatic rings. The Balaban J connectivity index is 2.09. The fourth-order valence-corrected chi connectivity index (χ4v) is 9.72. The second-order valence-electron chi connectivity index (χ2n) is 6.01. The fraction of sp³-hybridized carbons (Fsp3) is 0.500. The Kier molecular flexibility index (Phi) is 2.87. The molecule has 0 saturated heterocycles. The lowest BCUT2D eigenvalue weighted by atomic mass is 9.83. The first-order valence-electron chi connectivity index (χ1n) is 6.66. The van der Waals surface area contributed by atoms with E-state index in [2.05, 4.69) is 55.0 Å². The van der Waals surface area contributed by atoms with Gasteiger partial charge < -0.3 is 0 Å². The van der Waals surface area contributed by atoms with Crippen molar-refractivity contribution in [3.8, 4) is 0 Å². The van der Waals surface area contributed by atoms with E-state index in [0.717, 1.165) is 6.42 Å². The molecule has 0 aromatic heterocycles. The Bertz CT molecular complexity index is 499. The molecule has 1 fully saturated rings. The molecule has 0 amide bonds. The van der Waals surface area contributed by atoms with E-state index in [1.165, 1.54) is 36.0 Å². The maximum atomic E-state index is 4.15. The van der Waals surface area contributed by atoms with Gasteiger partial charge in [-0.05, 0) is 56.3 Å². The van der Waals surface area contributed by atoms with E-state index < -0.39 is 9.06 Å². The molecule has 0 bridgehead atoms. The molecule has 98 valence electrons. The van der Waals surface area contributed by atoms with Crippen molar-refractivity contribution in [1.29, 1.82) is 0 Å². The van der Waals surface area contributed by atoms with Gasteiger partial charge in [0.2, 0.25) is 0 Å².